The number of likely N-dealkylation sites (tertiary alicyclic amines) is 1. The lowest BCUT2D eigenvalue weighted by Crippen LogP contribution is -2.39. The lowest BCUT2D eigenvalue weighted by atomic mass is 9.97. The van der Waals surface area contributed by atoms with E-state index < -0.39 is 0 Å². The van der Waals surface area contributed by atoms with Gasteiger partial charge in [-0.25, -0.2) is 0 Å². The van der Waals surface area contributed by atoms with Gasteiger partial charge in [-0.2, -0.15) is 5.10 Å². The van der Waals surface area contributed by atoms with Gasteiger partial charge in [0, 0.05) is 6.54 Å². The molecule has 1 aliphatic heterocycles. The van der Waals surface area contributed by atoms with Gasteiger partial charge in [0.05, 0.1) is 23.6 Å². The van der Waals surface area contributed by atoms with Gasteiger partial charge in [0.25, 0.3) is 5.91 Å². The number of rotatable bonds is 4. The van der Waals surface area contributed by atoms with Crippen molar-refractivity contribution in [3.8, 4) is 0 Å². The first-order chi connectivity index (χ1) is 10.7. The Kier molecular flexibility index (Phi) is 4.52. The molecular weight excluding hydrogens is 298 g/mol. The lowest BCUT2D eigenvalue weighted by molar-refractivity contribution is 0.0609. The van der Waals surface area contributed by atoms with Crippen LogP contribution in [0, 0.1) is 6.92 Å². The molecule has 22 heavy (non-hydrogen) atoms. The second-order valence-corrected chi connectivity index (χ2v) is 6.53. The number of nitrogens with zero attached hydrogens (tertiary/aromatic N) is 4. The van der Waals surface area contributed by atoms with E-state index in [9.17, 15) is 4.79 Å². The Morgan fingerprint density at radius 3 is 3.09 bits per heavy atom. The summed E-state index contributed by atoms with van der Waals surface area (Å²) in [6, 6.07) is 0.0836. The molecule has 0 radical (unpaired) electrons. The van der Waals surface area contributed by atoms with Gasteiger partial charge in [0.1, 0.15) is 4.88 Å². The summed E-state index contributed by atoms with van der Waals surface area (Å²) in [6.07, 6.45) is 6.75. The minimum atomic E-state index is 0.0668. The van der Waals surface area contributed by atoms with Crippen LogP contribution in [0.15, 0.2) is 6.20 Å². The number of aromatic amines is 1. The molecule has 1 N–H and O–H groups in total. The molecule has 2 aromatic rings. The second kappa shape index (κ2) is 6.56. The second-order valence-electron chi connectivity index (χ2n) is 5.78. The maximum atomic E-state index is 13.0. The van der Waals surface area contributed by atoms with Crippen LogP contribution in [0.2, 0.25) is 0 Å². The fourth-order valence-corrected chi connectivity index (χ4v) is 3.73. The van der Waals surface area contributed by atoms with Crippen molar-refractivity contribution >= 4 is 17.4 Å². The van der Waals surface area contributed by atoms with Crippen LogP contribution in [0.5, 0.6) is 0 Å². The van der Waals surface area contributed by atoms with E-state index >= 15 is 0 Å². The van der Waals surface area contributed by atoms with E-state index in [2.05, 4.69) is 26.7 Å². The molecular formula is C15H21N5OS. The number of aryl methyl sites for hydroxylation is 2. The Morgan fingerprint density at radius 1 is 1.50 bits per heavy atom. The van der Waals surface area contributed by atoms with Crippen molar-refractivity contribution in [3.05, 3.63) is 28.0 Å². The first-order valence-electron chi connectivity index (χ1n) is 7.84. The van der Waals surface area contributed by atoms with E-state index in [-0.39, 0.29) is 11.9 Å². The van der Waals surface area contributed by atoms with Crippen molar-refractivity contribution < 1.29 is 4.79 Å². The third-order valence-electron chi connectivity index (χ3n) is 4.20. The summed E-state index contributed by atoms with van der Waals surface area (Å²) in [5, 5.41) is 11.3. The highest BCUT2D eigenvalue weighted by Crippen LogP contribution is 2.33. The van der Waals surface area contributed by atoms with E-state index in [1.54, 1.807) is 0 Å². The summed E-state index contributed by atoms with van der Waals surface area (Å²) >= 11 is 1.22. The fourth-order valence-electron chi connectivity index (χ4n) is 3.07. The predicted molar refractivity (Wildman–Crippen MR) is 84.9 cm³/mol. The van der Waals surface area contributed by atoms with Crippen LogP contribution in [-0.2, 0) is 6.42 Å². The number of hydrogen-bond acceptors (Lipinski definition) is 5. The van der Waals surface area contributed by atoms with Crippen LogP contribution in [0.1, 0.15) is 65.3 Å². The molecule has 0 aliphatic carbocycles. The third kappa shape index (κ3) is 2.77. The Hall–Kier alpha value is -1.76. The monoisotopic (exact) mass is 319 g/mol. The normalized spacial score (nSPS) is 18.6. The Bertz CT molecular complexity index is 650. The zero-order chi connectivity index (χ0) is 15.5. The van der Waals surface area contributed by atoms with E-state index in [1.165, 1.54) is 11.5 Å². The van der Waals surface area contributed by atoms with E-state index in [0.29, 0.717) is 4.88 Å². The van der Waals surface area contributed by atoms with Gasteiger partial charge in [0.2, 0.25) is 0 Å². The SMILES string of the molecule is CCCc1nnsc1C(=O)N1CCCCC1c1[nH]ncc1C. The zero-order valence-electron chi connectivity index (χ0n) is 13.0. The average molecular weight is 319 g/mol. The highest BCUT2D eigenvalue weighted by atomic mass is 32.1. The summed E-state index contributed by atoms with van der Waals surface area (Å²) in [5.41, 5.74) is 3.01. The molecule has 0 bridgehead atoms. The zero-order valence-corrected chi connectivity index (χ0v) is 13.8. The maximum absolute atomic E-state index is 13.0. The van der Waals surface area contributed by atoms with Gasteiger partial charge in [0.15, 0.2) is 0 Å². The summed E-state index contributed by atoms with van der Waals surface area (Å²) in [6.45, 7) is 4.91. The van der Waals surface area contributed by atoms with Gasteiger partial charge in [-0.15, -0.1) is 5.10 Å². The molecule has 1 saturated heterocycles. The van der Waals surface area contributed by atoms with Crippen molar-refractivity contribution in [2.45, 2.75) is 52.0 Å². The molecule has 0 spiro atoms. The highest BCUT2D eigenvalue weighted by Gasteiger charge is 2.32. The third-order valence-corrected chi connectivity index (χ3v) is 4.96. The van der Waals surface area contributed by atoms with Gasteiger partial charge in [-0.3, -0.25) is 9.89 Å². The molecule has 7 heteroatoms. The van der Waals surface area contributed by atoms with Crippen molar-refractivity contribution in [2.75, 3.05) is 6.54 Å². The highest BCUT2D eigenvalue weighted by molar-refractivity contribution is 7.08. The number of nitrogens with one attached hydrogen (secondary N) is 1. The molecule has 6 nitrogen and oxygen atoms in total. The number of aromatic nitrogens is 4. The molecule has 1 unspecified atom stereocenters. The smallest absolute Gasteiger partial charge is 0.268 e. The predicted octanol–water partition coefficient (Wildman–Crippen LogP) is 2.89. The average Bonchev–Trinajstić information content (AvgIpc) is 3.16. The van der Waals surface area contributed by atoms with Crippen LogP contribution in [0.3, 0.4) is 0 Å². The molecule has 1 amide bonds. The first kappa shape index (κ1) is 15.1. The van der Waals surface area contributed by atoms with Gasteiger partial charge in [-0.1, -0.05) is 17.8 Å². The number of H-pyrrole nitrogens is 1. The first-order valence-corrected chi connectivity index (χ1v) is 8.61. The quantitative estimate of drug-likeness (QED) is 0.940. The molecule has 2 aromatic heterocycles. The summed E-state index contributed by atoms with van der Waals surface area (Å²) < 4.78 is 3.99. The Labute approximate surface area is 134 Å². The number of hydrogen-bond donors (Lipinski definition) is 1. The van der Waals surface area contributed by atoms with Gasteiger partial charge < -0.3 is 4.90 Å². The molecule has 1 aliphatic rings. The van der Waals surface area contributed by atoms with Crippen molar-refractivity contribution in [3.63, 3.8) is 0 Å². The van der Waals surface area contributed by atoms with Crippen LogP contribution >= 0.6 is 11.5 Å². The van der Waals surface area contributed by atoms with E-state index in [1.807, 2.05) is 18.0 Å². The van der Waals surface area contributed by atoms with Crippen molar-refractivity contribution in [1.82, 2.24) is 24.7 Å². The number of amides is 1. The topological polar surface area (TPSA) is 74.8 Å². The standard InChI is InChI=1S/C15H21N5OS/c1-3-6-11-14(22-19-17-11)15(21)20-8-5-4-7-12(20)13-10(2)9-16-18-13/h9,12H,3-8H2,1-2H3,(H,16,18). The summed E-state index contributed by atoms with van der Waals surface area (Å²) in [5.74, 6) is 0.0668. The fraction of sp³-hybridized carbons (Fsp3) is 0.600. The summed E-state index contributed by atoms with van der Waals surface area (Å²) in [4.78, 5) is 15.7. The largest absolute Gasteiger partial charge is 0.329 e. The van der Waals surface area contributed by atoms with Crippen molar-refractivity contribution in [1.29, 1.82) is 0 Å². The van der Waals surface area contributed by atoms with Gasteiger partial charge in [-0.05, 0) is 49.7 Å². The van der Waals surface area contributed by atoms with Crippen LogP contribution in [-0.4, -0.2) is 37.1 Å². The van der Waals surface area contributed by atoms with Crippen molar-refractivity contribution in [2.24, 2.45) is 0 Å². The number of carbonyl (C=O) groups is 1. The minimum absolute atomic E-state index is 0.0668. The maximum Gasteiger partial charge on any atom is 0.268 e. The molecule has 118 valence electrons. The van der Waals surface area contributed by atoms with Crippen LogP contribution in [0.25, 0.3) is 0 Å². The number of carbonyl (C=O) groups excluding carboxylic acids is 1. The molecule has 3 heterocycles. The number of piperidine rings is 1. The molecule has 3 rings (SSSR count). The molecule has 1 atom stereocenters. The minimum Gasteiger partial charge on any atom is -0.329 e. The lowest BCUT2D eigenvalue weighted by Gasteiger charge is -2.35. The molecule has 1 fully saturated rings. The van der Waals surface area contributed by atoms with E-state index in [4.69, 9.17) is 0 Å². The molecule has 0 saturated carbocycles. The summed E-state index contributed by atoms with van der Waals surface area (Å²) in [7, 11) is 0. The van der Waals surface area contributed by atoms with Crippen LogP contribution < -0.4 is 0 Å². The van der Waals surface area contributed by atoms with E-state index in [0.717, 1.165) is 55.6 Å². The molecule has 0 aromatic carbocycles. The Morgan fingerprint density at radius 2 is 2.36 bits per heavy atom. The van der Waals surface area contributed by atoms with Crippen LogP contribution in [0.4, 0.5) is 0 Å². The Balaban J connectivity index is 1.89. The van der Waals surface area contributed by atoms with Gasteiger partial charge >= 0.3 is 0 Å².